The molecule has 0 bridgehead atoms. The van der Waals surface area contributed by atoms with E-state index in [-0.39, 0.29) is 22.1 Å². The summed E-state index contributed by atoms with van der Waals surface area (Å²) in [6.07, 6.45) is 2.14. The zero-order valence-corrected chi connectivity index (χ0v) is 15.8. The van der Waals surface area contributed by atoms with Crippen LogP contribution in [0.5, 0.6) is 0 Å². The maximum absolute atomic E-state index is 13.3. The Morgan fingerprint density at radius 1 is 1.26 bits per heavy atom. The fraction of sp³-hybridized carbons (Fsp3) is 0.300. The Labute approximate surface area is 159 Å². The Balaban J connectivity index is 1.98. The average molecular weight is 384 g/mol. The van der Waals surface area contributed by atoms with Gasteiger partial charge in [-0.05, 0) is 43.0 Å². The highest BCUT2D eigenvalue weighted by atomic mass is 32.2. The standard InChI is InChI=1S/C20H20N2O4S/c1-26-20(23)18-13-16(14-21)9-10-19(18)27(24,25)22-11-5-8-17(22)12-15-6-3-2-4-7-15/h2-4,6-7,9-10,13,17H,5,8,11-12H2,1H3. The Kier molecular flexibility index (Phi) is 5.59. The highest BCUT2D eigenvalue weighted by Crippen LogP contribution is 2.30. The predicted molar refractivity (Wildman–Crippen MR) is 99.6 cm³/mol. The summed E-state index contributed by atoms with van der Waals surface area (Å²) in [6, 6.07) is 15.5. The van der Waals surface area contributed by atoms with Crippen LogP contribution in [-0.4, -0.2) is 38.4 Å². The fourth-order valence-electron chi connectivity index (χ4n) is 3.44. The predicted octanol–water partition coefficient (Wildman–Crippen LogP) is 2.74. The molecule has 0 amide bonds. The monoisotopic (exact) mass is 384 g/mol. The number of hydrogen-bond acceptors (Lipinski definition) is 5. The summed E-state index contributed by atoms with van der Waals surface area (Å²) in [5, 5.41) is 9.07. The summed E-state index contributed by atoms with van der Waals surface area (Å²) in [4.78, 5) is 12.0. The van der Waals surface area contributed by atoms with Gasteiger partial charge in [-0.1, -0.05) is 30.3 Å². The molecule has 1 aliphatic heterocycles. The molecule has 0 saturated carbocycles. The summed E-state index contributed by atoms with van der Waals surface area (Å²) < 4.78 is 32.8. The second-order valence-electron chi connectivity index (χ2n) is 6.42. The molecule has 1 saturated heterocycles. The van der Waals surface area contributed by atoms with Crippen molar-refractivity contribution in [2.75, 3.05) is 13.7 Å². The van der Waals surface area contributed by atoms with Gasteiger partial charge in [-0.15, -0.1) is 0 Å². The van der Waals surface area contributed by atoms with E-state index in [9.17, 15) is 13.2 Å². The molecule has 0 aromatic heterocycles. The van der Waals surface area contributed by atoms with Gasteiger partial charge in [0, 0.05) is 12.6 Å². The number of benzene rings is 2. The van der Waals surface area contributed by atoms with E-state index in [0.717, 1.165) is 18.4 Å². The average Bonchev–Trinajstić information content (AvgIpc) is 3.16. The minimum absolute atomic E-state index is 0.109. The topological polar surface area (TPSA) is 87.5 Å². The lowest BCUT2D eigenvalue weighted by atomic mass is 10.1. The number of carbonyl (C=O) groups excluding carboxylic acids is 1. The molecule has 140 valence electrons. The van der Waals surface area contributed by atoms with Crippen LogP contribution in [0.2, 0.25) is 0 Å². The summed E-state index contributed by atoms with van der Waals surface area (Å²) in [5.41, 5.74) is 1.16. The van der Waals surface area contributed by atoms with E-state index in [2.05, 4.69) is 0 Å². The third-order valence-corrected chi connectivity index (χ3v) is 6.75. The van der Waals surface area contributed by atoms with Crippen molar-refractivity contribution < 1.29 is 17.9 Å². The van der Waals surface area contributed by atoms with Crippen LogP contribution < -0.4 is 0 Å². The smallest absolute Gasteiger partial charge is 0.339 e. The Morgan fingerprint density at radius 2 is 2.00 bits per heavy atom. The van der Waals surface area contributed by atoms with Gasteiger partial charge in [0.15, 0.2) is 0 Å². The quantitative estimate of drug-likeness (QED) is 0.740. The van der Waals surface area contributed by atoms with Crippen molar-refractivity contribution in [2.45, 2.75) is 30.2 Å². The zero-order chi connectivity index (χ0) is 19.4. The van der Waals surface area contributed by atoms with Crippen molar-refractivity contribution in [2.24, 2.45) is 0 Å². The van der Waals surface area contributed by atoms with Crippen molar-refractivity contribution in [1.82, 2.24) is 4.31 Å². The molecule has 3 rings (SSSR count). The first kappa shape index (κ1) is 19.1. The molecule has 7 heteroatoms. The minimum Gasteiger partial charge on any atom is -0.465 e. The maximum atomic E-state index is 13.3. The van der Waals surface area contributed by atoms with Gasteiger partial charge in [0.05, 0.1) is 29.2 Å². The second kappa shape index (κ2) is 7.91. The lowest BCUT2D eigenvalue weighted by molar-refractivity contribution is 0.0596. The maximum Gasteiger partial charge on any atom is 0.339 e. The van der Waals surface area contributed by atoms with E-state index in [0.29, 0.717) is 13.0 Å². The van der Waals surface area contributed by atoms with Crippen LogP contribution in [0, 0.1) is 11.3 Å². The third-order valence-electron chi connectivity index (χ3n) is 4.74. The van der Waals surface area contributed by atoms with Gasteiger partial charge in [-0.2, -0.15) is 9.57 Å². The largest absolute Gasteiger partial charge is 0.465 e. The van der Waals surface area contributed by atoms with Crippen LogP contribution in [0.4, 0.5) is 0 Å². The first-order valence-electron chi connectivity index (χ1n) is 8.65. The molecule has 1 heterocycles. The van der Waals surface area contributed by atoms with Crippen molar-refractivity contribution in [3.63, 3.8) is 0 Å². The molecule has 0 N–H and O–H groups in total. The van der Waals surface area contributed by atoms with Gasteiger partial charge in [0.25, 0.3) is 0 Å². The summed E-state index contributed by atoms with van der Waals surface area (Å²) in [5.74, 6) is -0.774. The molecular formula is C20H20N2O4S. The van der Waals surface area contributed by atoms with E-state index in [4.69, 9.17) is 10.00 Å². The summed E-state index contributed by atoms with van der Waals surface area (Å²) >= 11 is 0. The Morgan fingerprint density at radius 3 is 2.67 bits per heavy atom. The number of nitrogens with zero attached hydrogens (tertiary/aromatic N) is 2. The highest BCUT2D eigenvalue weighted by molar-refractivity contribution is 7.89. The SMILES string of the molecule is COC(=O)c1cc(C#N)ccc1S(=O)(=O)N1CCCC1Cc1ccccc1. The van der Waals surface area contributed by atoms with E-state index < -0.39 is 16.0 Å². The van der Waals surface area contributed by atoms with Crippen LogP contribution in [0.25, 0.3) is 0 Å². The number of carbonyl (C=O) groups is 1. The Bertz CT molecular complexity index is 981. The lowest BCUT2D eigenvalue weighted by Gasteiger charge is -2.25. The number of esters is 1. The first-order valence-corrected chi connectivity index (χ1v) is 10.1. The lowest BCUT2D eigenvalue weighted by Crippen LogP contribution is -2.37. The molecule has 1 aliphatic rings. The van der Waals surface area contributed by atoms with Crippen molar-refractivity contribution in [3.8, 4) is 6.07 Å². The molecule has 1 unspecified atom stereocenters. The molecule has 0 spiro atoms. The van der Waals surface area contributed by atoms with Gasteiger partial charge in [0.1, 0.15) is 0 Å². The molecule has 0 radical (unpaired) electrons. The van der Waals surface area contributed by atoms with Gasteiger partial charge in [-0.3, -0.25) is 0 Å². The van der Waals surface area contributed by atoms with E-state index >= 15 is 0 Å². The third kappa shape index (κ3) is 3.87. The van der Waals surface area contributed by atoms with Crippen LogP contribution in [0.1, 0.15) is 34.3 Å². The van der Waals surface area contributed by atoms with E-state index in [1.807, 2.05) is 36.4 Å². The van der Waals surface area contributed by atoms with Crippen molar-refractivity contribution >= 4 is 16.0 Å². The normalized spacial score (nSPS) is 17.4. The molecular weight excluding hydrogens is 364 g/mol. The highest BCUT2D eigenvalue weighted by Gasteiger charge is 2.37. The number of nitriles is 1. The van der Waals surface area contributed by atoms with Gasteiger partial charge < -0.3 is 4.74 Å². The molecule has 1 atom stereocenters. The van der Waals surface area contributed by atoms with E-state index in [1.165, 1.54) is 29.6 Å². The van der Waals surface area contributed by atoms with Crippen LogP contribution in [-0.2, 0) is 21.2 Å². The molecule has 27 heavy (non-hydrogen) atoms. The van der Waals surface area contributed by atoms with Gasteiger partial charge >= 0.3 is 5.97 Å². The minimum atomic E-state index is -3.90. The number of hydrogen-bond donors (Lipinski definition) is 0. The molecule has 0 aliphatic carbocycles. The van der Waals surface area contributed by atoms with Gasteiger partial charge in [0.2, 0.25) is 10.0 Å². The zero-order valence-electron chi connectivity index (χ0n) is 15.0. The summed E-state index contributed by atoms with van der Waals surface area (Å²) in [6.45, 7) is 0.403. The summed E-state index contributed by atoms with van der Waals surface area (Å²) in [7, 11) is -2.71. The van der Waals surface area contributed by atoms with Crippen LogP contribution in [0.15, 0.2) is 53.4 Å². The second-order valence-corrected chi connectivity index (χ2v) is 8.27. The van der Waals surface area contributed by atoms with Crippen LogP contribution in [0.3, 0.4) is 0 Å². The number of ether oxygens (including phenoxy) is 1. The van der Waals surface area contributed by atoms with Crippen molar-refractivity contribution in [1.29, 1.82) is 5.26 Å². The van der Waals surface area contributed by atoms with Gasteiger partial charge in [-0.25, -0.2) is 13.2 Å². The number of methoxy groups -OCH3 is 1. The number of rotatable bonds is 5. The van der Waals surface area contributed by atoms with E-state index in [1.54, 1.807) is 0 Å². The molecule has 2 aromatic rings. The molecule has 2 aromatic carbocycles. The first-order chi connectivity index (χ1) is 13.0. The van der Waals surface area contributed by atoms with Crippen LogP contribution >= 0.6 is 0 Å². The number of sulfonamides is 1. The Hall–Kier alpha value is -2.69. The molecule has 6 nitrogen and oxygen atoms in total. The van der Waals surface area contributed by atoms with Crippen molar-refractivity contribution in [3.05, 3.63) is 65.2 Å². The molecule has 1 fully saturated rings. The fourth-order valence-corrected chi connectivity index (χ4v) is 5.29.